The van der Waals surface area contributed by atoms with Gasteiger partial charge in [0.05, 0.1) is 24.4 Å². The van der Waals surface area contributed by atoms with Crippen molar-refractivity contribution >= 4 is 22.4 Å². The van der Waals surface area contributed by atoms with Crippen LogP contribution in [0.1, 0.15) is 20.8 Å². The normalized spacial score (nSPS) is 18.4. The fourth-order valence-corrected chi connectivity index (χ4v) is 4.05. The van der Waals surface area contributed by atoms with E-state index in [0.717, 1.165) is 29.7 Å². The smallest absolute Gasteiger partial charge is 0.477 e. The van der Waals surface area contributed by atoms with Crippen LogP contribution in [0.25, 0.3) is 0 Å². The molecule has 1 aromatic heterocycles. The summed E-state index contributed by atoms with van der Waals surface area (Å²) >= 11 is 0.847. The van der Waals surface area contributed by atoms with E-state index in [4.69, 9.17) is 5.11 Å². The van der Waals surface area contributed by atoms with Gasteiger partial charge < -0.3 is 10.0 Å². The Kier molecular flexibility index (Phi) is 6.76. The molecule has 1 N–H and O–H groups in total. The number of piperazine rings is 1. The van der Waals surface area contributed by atoms with Crippen LogP contribution in [0.5, 0.6) is 0 Å². The third kappa shape index (κ3) is 6.31. The van der Waals surface area contributed by atoms with E-state index in [1.807, 2.05) is 0 Å². The zero-order valence-electron chi connectivity index (χ0n) is 15.8. The summed E-state index contributed by atoms with van der Waals surface area (Å²) in [5.41, 5.74) is -0.199. The number of benzene rings is 1. The zero-order valence-corrected chi connectivity index (χ0v) is 16.6. The lowest BCUT2D eigenvalue weighted by molar-refractivity contribution is -0.326. The standard InChI is InChI=1S/C18H17F6N3O3S/c19-17(20,21)12-3-1-11(2-4-12)8-26-5-6-27(13(9-26)10-30-18(22,23)24)16-25-7-14(31-16)15(28)29/h1-4,7,13H,5-6,8-10H2,(H,28,29). The van der Waals surface area contributed by atoms with Gasteiger partial charge in [-0.25, -0.2) is 9.78 Å². The minimum absolute atomic E-state index is 0.0438. The molecule has 1 saturated heterocycles. The number of hydrogen-bond donors (Lipinski definition) is 1. The highest BCUT2D eigenvalue weighted by atomic mass is 32.1. The number of carboxylic acids is 1. The van der Waals surface area contributed by atoms with Crippen LogP contribution < -0.4 is 4.90 Å². The van der Waals surface area contributed by atoms with E-state index >= 15 is 0 Å². The van der Waals surface area contributed by atoms with Gasteiger partial charge in [-0.05, 0) is 17.7 Å². The first-order chi connectivity index (χ1) is 14.4. The number of aromatic nitrogens is 1. The van der Waals surface area contributed by atoms with Crippen LogP contribution in [0.4, 0.5) is 31.5 Å². The highest BCUT2D eigenvalue weighted by Crippen LogP contribution is 2.30. The lowest BCUT2D eigenvalue weighted by Crippen LogP contribution is -2.55. The molecule has 1 aliphatic heterocycles. The summed E-state index contributed by atoms with van der Waals surface area (Å²) in [5.74, 6) is -1.19. The molecule has 0 radical (unpaired) electrons. The predicted molar refractivity (Wildman–Crippen MR) is 98.9 cm³/mol. The fraction of sp³-hybridized carbons (Fsp3) is 0.444. The molecule has 0 bridgehead atoms. The van der Waals surface area contributed by atoms with E-state index in [9.17, 15) is 31.1 Å². The van der Waals surface area contributed by atoms with Gasteiger partial charge in [-0.2, -0.15) is 13.2 Å². The highest BCUT2D eigenvalue weighted by Gasteiger charge is 2.35. The lowest BCUT2D eigenvalue weighted by Gasteiger charge is -2.41. The van der Waals surface area contributed by atoms with E-state index in [1.165, 1.54) is 12.1 Å². The number of aromatic carboxylic acids is 1. The number of rotatable bonds is 6. The minimum atomic E-state index is -4.84. The molecule has 1 aliphatic rings. The zero-order chi connectivity index (χ0) is 22.8. The number of halogens is 6. The average Bonchev–Trinajstić information content (AvgIpc) is 3.16. The second kappa shape index (κ2) is 9.01. The second-order valence-electron chi connectivity index (χ2n) is 6.85. The number of hydrogen-bond acceptors (Lipinski definition) is 6. The van der Waals surface area contributed by atoms with Crippen LogP contribution in [0.3, 0.4) is 0 Å². The van der Waals surface area contributed by atoms with Gasteiger partial charge >= 0.3 is 18.5 Å². The van der Waals surface area contributed by atoms with Crippen LogP contribution in [-0.2, 0) is 17.5 Å². The molecule has 170 valence electrons. The van der Waals surface area contributed by atoms with Crippen molar-refractivity contribution in [1.29, 1.82) is 0 Å². The topological polar surface area (TPSA) is 65.9 Å². The molecular weight excluding hydrogens is 452 g/mol. The molecule has 0 aliphatic carbocycles. The average molecular weight is 469 g/mol. The fourth-order valence-electron chi connectivity index (χ4n) is 3.20. The van der Waals surface area contributed by atoms with Crippen molar-refractivity contribution in [3.8, 4) is 0 Å². The van der Waals surface area contributed by atoms with Gasteiger partial charge in [0.25, 0.3) is 0 Å². The van der Waals surface area contributed by atoms with E-state index in [0.29, 0.717) is 12.1 Å². The van der Waals surface area contributed by atoms with Crippen LogP contribution in [-0.4, -0.2) is 59.6 Å². The van der Waals surface area contributed by atoms with Crippen molar-refractivity contribution in [2.45, 2.75) is 25.1 Å². The van der Waals surface area contributed by atoms with Crippen LogP contribution >= 0.6 is 11.3 Å². The maximum atomic E-state index is 12.7. The number of nitrogens with zero attached hydrogens (tertiary/aromatic N) is 3. The number of carbonyl (C=O) groups is 1. The first-order valence-electron chi connectivity index (χ1n) is 8.97. The van der Waals surface area contributed by atoms with Gasteiger partial charge in [0.2, 0.25) is 0 Å². The third-order valence-electron chi connectivity index (χ3n) is 4.64. The van der Waals surface area contributed by atoms with E-state index in [1.54, 1.807) is 9.80 Å². The molecule has 0 saturated carbocycles. The minimum Gasteiger partial charge on any atom is -0.477 e. The largest absolute Gasteiger partial charge is 0.522 e. The van der Waals surface area contributed by atoms with Gasteiger partial charge in [0, 0.05) is 26.2 Å². The quantitative estimate of drug-likeness (QED) is 0.644. The molecule has 2 aromatic rings. The maximum absolute atomic E-state index is 12.7. The molecule has 0 amide bonds. The van der Waals surface area contributed by atoms with Crippen LogP contribution in [0, 0.1) is 0 Å². The summed E-state index contributed by atoms with van der Waals surface area (Å²) in [4.78, 5) is 18.4. The molecule has 1 atom stereocenters. The van der Waals surface area contributed by atoms with Crippen LogP contribution in [0.2, 0.25) is 0 Å². The van der Waals surface area contributed by atoms with E-state index < -0.39 is 36.7 Å². The Morgan fingerprint density at radius 1 is 1.16 bits per heavy atom. The van der Waals surface area contributed by atoms with Gasteiger partial charge in [-0.3, -0.25) is 9.64 Å². The molecule has 1 aromatic carbocycles. The molecule has 3 rings (SSSR count). The molecule has 2 heterocycles. The second-order valence-corrected chi connectivity index (χ2v) is 7.86. The molecule has 1 fully saturated rings. The third-order valence-corrected chi connectivity index (χ3v) is 5.67. The summed E-state index contributed by atoms with van der Waals surface area (Å²) in [6.45, 7) is 0.311. The Labute approximate surface area is 176 Å². The Morgan fingerprint density at radius 2 is 1.84 bits per heavy atom. The van der Waals surface area contributed by atoms with E-state index in [-0.39, 0.29) is 29.6 Å². The number of carboxylic acid groups (broad SMARTS) is 1. The molecule has 0 spiro atoms. The Balaban J connectivity index is 1.71. The first kappa shape index (κ1) is 23.3. The predicted octanol–water partition coefficient (Wildman–Crippen LogP) is 4.09. The highest BCUT2D eigenvalue weighted by molar-refractivity contribution is 7.17. The molecular formula is C18H17F6N3O3S. The molecule has 31 heavy (non-hydrogen) atoms. The Morgan fingerprint density at radius 3 is 2.39 bits per heavy atom. The number of anilines is 1. The summed E-state index contributed by atoms with van der Waals surface area (Å²) < 4.78 is 79.9. The van der Waals surface area contributed by atoms with Gasteiger partial charge in [0.1, 0.15) is 4.88 Å². The number of thiazole rings is 1. The van der Waals surface area contributed by atoms with E-state index in [2.05, 4.69) is 9.72 Å². The Hall–Kier alpha value is -2.38. The van der Waals surface area contributed by atoms with Gasteiger partial charge in [0.15, 0.2) is 5.13 Å². The molecule has 1 unspecified atom stereocenters. The van der Waals surface area contributed by atoms with Crippen molar-refractivity contribution in [1.82, 2.24) is 9.88 Å². The van der Waals surface area contributed by atoms with Crippen molar-refractivity contribution in [2.75, 3.05) is 31.1 Å². The lowest BCUT2D eigenvalue weighted by atomic mass is 10.1. The number of alkyl halides is 6. The van der Waals surface area contributed by atoms with Gasteiger partial charge in [-0.1, -0.05) is 23.5 Å². The number of ether oxygens (including phenoxy) is 1. The van der Waals surface area contributed by atoms with Crippen molar-refractivity contribution in [3.05, 3.63) is 46.5 Å². The van der Waals surface area contributed by atoms with Crippen molar-refractivity contribution < 1.29 is 41.0 Å². The van der Waals surface area contributed by atoms with Crippen molar-refractivity contribution in [3.63, 3.8) is 0 Å². The first-order valence-corrected chi connectivity index (χ1v) is 9.79. The SMILES string of the molecule is O=C(O)c1cnc(N2CCN(Cc3ccc(C(F)(F)F)cc3)CC2COC(F)(F)F)s1. The monoisotopic (exact) mass is 469 g/mol. The Bertz CT molecular complexity index is 900. The van der Waals surface area contributed by atoms with Gasteiger partial charge in [-0.15, -0.1) is 13.2 Å². The summed E-state index contributed by atoms with van der Waals surface area (Å²) in [5, 5.41) is 9.31. The summed E-state index contributed by atoms with van der Waals surface area (Å²) in [7, 11) is 0. The molecule has 6 nitrogen and oxygen atoms in total. The summed E-state index contributed by atoms with van der Waals surface area (Å²) in [6, 6.07) is 3.79. The van der Waals surface area contributed by atoms with Crippen molar-refractivity contribution in [2.24, 2.45) is 0 Å². The maximum Gasteiger partial charge on any atom is 0.522 e. The van der Waals surface area contributed by atoms with Crippen LogP contribution in [0.15, 0.2) is 30.5 Å². The summed E-state index contributed by atoms with van der Waals surface area (Å²) in [6.07, 6.45) is -8.15. The molecule has 13 heteroatoms.